The normalized spacial score (nSPS) is 16.5. The second kappa shape index (κ2) is 7.70. The van der Waals surface area contributed by atoms with Gasteiger partial charge >= 0.3 is 0 Å². The van der Waals surface area contributed by atoms with Gasteiger partial charge in [-0.25, -0.2) is 0 Å². The van der Waals surface area contributed by atoms with E-state index in [-0.39, 0.29) is 24.3 Å². The minimum Gasteiger partial charge on any atom is -0.484 e. The number of hydrogen-bond acceptors (Lipinski definition) is 4. The number of para-hydroxylation sites is 1. The van der Waals surface area contributed by atoms with Crippen LogP contribution in [0.1, 0.15) is 6.42 Å². The summed E-state index contributed by atoms with van der Waals surface area (Å²) in [5.74, 6) is -0.0992. The number of hydrogen-bond donors (Lipinski definition) is 2. The number of benzene rings is 2. The Labute approximate surface area is 146 Å². The Bertz CT molecular complexity index is 731. The van der Waals surface area contributed by atoms with Crippen molar-refractivity contribution >= 4 is 23.2 Å². The Morgan fingerprint density at radius 3 is 2.40 bits per heavy atom. The van der Waals surface area contributed by atoms with Crippen molar-refractivity contribution in [3.8, 4) is 5.75 Å². The number of nitrogens with zero attached hydrogens (tertiary/aromatic N) is 1. The standard InChI is InChI=1S/C19H21N3O3/c20-19(24)14-10-11-22(12-14)18(23)13-25-17-8-6-16(7-9-17)21-15-4-2-1-3-5-15/h1-9,14,21H,10-13H2,(H2,20,24)/t14-/m1/s1. The molecule has 3 rings (SSSR count). The molecule has 2 aromatic carbocycles. The molecule has 2 aromatic rings. The molecule has 1 aliphatic rings. The number of carbonyl (C=O) groups excluding carboxylic acids is 2. The summed E-state index contributed by atoms with van der Waals surface area (Å²) in [6.07, 6.45) is 0.626. The largest absolute Gasteiger partial charge is 0.484 e. The number of anilines is 2. The van der Waals surface area contributed by atoms with E-state index in [2.05, 4.69) is 5.32 Å². The summed E-state index contributed by atoms with van der Waals surface area (Å²) in [6.45, 7) is 0.893. The van der Waals surface area contributed by atoms with E-state index >= 15 is 0 Å². The van der Waals surface area contributed by atoms with Crippen LogP contribution in [0.5, 0.6) is 5.75 Å². The van der Waals surface area contributed by atoms with E-state index in [1.165, 1.54) is 0 Å². The molecule has 1 saturated heterocycles. The lowest BCUT2D eigenvalue weighted by Crippen LogP contribution is -2.34. The third kappa shape index (κ3) is 4.50. The molecule has 1 fully saturated rings. The molecule has 0 unspecified atom stereocenters. The molecule has 0 radical (unpaired) electrons. The van der Waals surface area contributed by atoms with Crippen molar-refractivity contribution < 1.29 is 14.3 Å². The number of nitrogens with one attached hydrogen (secondary N) is 1. The Kier molecular flexibility index (Phi) is 5.18. The molecule has 130 valence electrons. The number of ether oxygens (including phenoxy) is 1. The topological polar surface area (TPSA) is 84.7 Å². The molecule has 0 bridgehead atoms. The second-order valence-electron chi connectivity index (χ2n) is 6.03. The number of rotatable bonds is 6. The molecule has 25 heavy (non-hydrogen) atoms. The number of amides is 2. The predicted molar refractivity (Wildman–Crippen MR) is 95.5 cm³/mol. The fraction of sp³-hybridized carbons (Fsp3) is 0.263. The first kappa shape index (κ1) is 16.8. The van der Waals surface area contributed by atoms with Gasteiger partial charge in [-0.1, -0.05) is 18.2 Å². The summed E-state index contributed by atoms with van der Waals surface area (Å²) in [4.78, 5) is 24.9. The number of likely N-dealkylation sites (tertiary alicyclic amines) is 1. The highest BCUT2D eigenvalue weighted by Gasteiger charge is 2.29. The minimum atomic E-state index is -0.349. The molecule has 1 heterocycles. The highest BCUT2D eigenvalue weighted by molar-refractivity contribution is 5.81. The second-order valence-corrected chi connectivity index (χ2v) is 6.03. The Hall–Kier alpha value is -3.02. The van der Waals surface area contributed by atoms with Crippen molar-refractivity contribution in [3.63, 3.8) is 0 Å². The maximum Gasteiger partial charge on any atom is 0.260 e. The molecule has 0 aromatic heterocycles. The molecule has 1 atom stereocenters. The van der Waals surface area contributed by atoms with Crippen LogP contribution in [0.4, 0.5) is 11.4 Å². The molecule has 6 heteroatoms. The fourth-order valence-corrected chi connectivity index (χ4v) is 2.78. The molecular weight excluding hydrogens is 318 g/mol. The molecule has 0 saturated carbocycles. The summed E-state index contributed by atoms with van der Waals surface area (Å²) < 4.78 is 5.55. The van der Waals surface area contributed by atoms with Gasteiger partial charge in [-0.15, -0.1) is 0 Å². The molecule has 0 spiro atoms. The van der Waals surface area contributed by atoms with E-state index in [9.17, 15) is 9.59 Å². The van der Waals surface area contributed by atoms with Crippen LogP contribution in [-0.4, -0.2) is 36.4 Å². The van der Waals surface area contributed by atoms with Crippen molar-refractivity contribution in [1.82, 2.24) is 4.90 Å². The van der Waals surface area contributed by atoms with E-state index in [1.807, 2.05) is 54.6 Å². The van der Waals surface area contributed by atoms with Crippen molar-refractivity contribution in [1.29, 1.82) is 0 Å². The fourth-order valence-electron chi connectivity index (χ4n) is 2.78. The van der Waals surface area contributed by atoms with Crippen LogP contribution in [0.2, 0.25) is 0 Å². The smallest absolute Gasteiger partial charge is 0.260 e. The third-order valence-corrected chi connectivity index (χ3v) is 4.22. The number of primary amides is 1. The van der Waals surface area contributed by atoms with Gasteiger partial charge < -0.3 is 20.7 Å². The Morgan fingerprint density at radius 1 is 1.08 bits per heavy atom. The van der Waals surface area contributed by atoms with E-state index in [1.54, 1.807) is 4.90 Å². The van der Waals surface area contributed by atoms with E-state index in [4.69, 9.17) is 10.5 Å². The highest BCUT2D eigenvalue weighted by Crippen LogP contribution is 2.20. The minimum absolute atomic E-state index is 0.0447. The lowest BCUT2D eigenvalue weighted by atomic mass is 10.1. The summed E-state index contributed by atoms with van der Waals surface area (Å²) >= 11 is 0. The zero-order valence-corrected chi connectivity index (χ0v) is 13.9. The van der Waals surface area contributed by atoms with Crippen molar-refractivity contribution in [2.75, 3.05) is 25.0 Å². The van der Waals surface area contributed by atoms with Gasteiger partial charge in [0.05, 0.1) is 5.92 Å². The van der Waals surface area contributed by atoms with Crippen LogP contribution in [0.25, 0.3) is 0 Å². The van der Waals surface area contributed by atoms with Gasteiger partial charge in [-0.3, -0.25) is 9.59 Å². The Balaban J connectivity index is 1.49. The maximum absolute atomic E-state index is 12.1. The highest BCUT2D eigenvalue weighted by atomic mass is 16.5. The summed E-state index contributed by atoms with van der Waals surface area (Å²) in [5.41, 5.74) is 7.22. The third-order valence-electron chi connectivity index (χ3n) is 4.22. The van der Waals surface area contributed by atoms with Gasteiger partial charge in [0, 0.05) is 24.5 Å². The molecule has 1 aliphatic heterocycles. The van der Waals surface area contributed by atoms with Crippen molar-refractivity contribution in [3.05, 3.63) is 54.6 Å². The zero-order chi connectivity index (χ0) is 17.6. The first-order chi connectivity index (χ1) is 12.1. The quantitative estimate of drug-likeness (QED) is 0.844. The van der Waals surface area contributed by atoms with Crippen LogP contribution in [-0.2, 0) is 9.59 Å². The van der Waals surface area contributed by atoms with Crippen LogP contribution in [0.15, 0.2) is 54.6 Å². The monoisotopic (exact) mass is 339 g/mol. The van der Waals surface area contributed by atoms with Crippen LogP contribution >= 0.6 is 0 Å². The lowest BCUT2D eigenvalue weighted by Gasteiger charge is -2.16. The van der Waals surface area contributed by atoms with E-state index in [0.29, 0.717) is 25.3 Å². The van der Waals surface area contributed by atoms with Crippen LogP contribution in [0.3, 0.4) is 0 Å². The van der Waals surface area contributed by atoms with E-state index < -0.39 is 0 Å². The molecule has 6 nitrogen and oxygen atoms in total. The number of nitrogens with two attached hydrogens (primary N) is 1. The average Bonchev–Trinajstić information content (AvgIpc) is 3.12. The summed E-state index contributed by atoms with van der Waals surface area (Å²) in [7, 11) is 0. The van der Waals surface area contributed by atoms with Gasteiger partial charge in [0.25, 0.3) is 5.91 Å². The van der Waals surface area contributed by atoms with Gasteiger partial charge in [-0.05, 0) is 42.8 Å². The lowest BCUT2D eigenvalue weighted by molar-refractivity contribution is -0.132. The Morgan fingerprint density at radius 2 is 1.76 bits per heavy atom. The predicted octanol–water partition coefficient (Wildman–Crippen LogP) is 2.14. The van der Waals surface area contributed by atoms with Crippen molar-refractivity contribution in [2.45, 2.75) is 6.42 Å². The van der Waals surface area contributed by atoms with Crippen LogP contribution in [0, 0.1) is 5.92 Å². The molecular formula is C19H21N3O3. The van der Waals surface area contributed by atoms with E-state index in [0.717, 1.165) is 11.4 Å². The summed E-state index contributed by atoms with van der Waals surface area (Å²) in [6, 6.07) is 17.3. The van der Waals surface area contributed by atoms with Gasteiger partial charge in [0.15, 0.2) is 6.61 Å². The van der Waals surface area contributed by atoms with Gasteiger partial charge in [0.2, 0.25) is 5.91 Å². The maximum atomic E-state index is 12.1. The first-order valence-corrected chi connectivity index (χ1v) is 8.24. The first-order valence-electron chi connectivity index (χ1n) is 8.24. The molecule has 0 aliphatic carbocycles. The molecule has 2 amide bonds. The average molecular weight is 339 g/mol. The van der Waals surface area contributed by atoms with Crippen molar-refractivity contribution in [2.24, 2.45) is 11.7 Å². The molecule has 3 N–H and O–H groups in total. The van der Waals surface area contributed by atoms with Gasteiger partial charge in [0.1, 0.15) is 5.75 Å². The van der Waals surface area contributed by atoms with Crippen LogP contribution < -0.4 is 15.8 Å². The SMILES string of the molecule is NC(=O)[C@@H]1CCN(C(=O)COc2ccc(Nc3ccccc3)cc2)C1. The number of carbonyl (C=O) groups is 2. The zero-order valence-electron chi connectivity index (χ0n) is 13.9. The van der Waals surface area contributed by atoms with Gasteiger partial charge in [-0.2, -0.15) is 0 Å². The summed E-state index contributed by atoms with van der Waals surface area (Å²) in [5, 5.41) is 3.28.